The van der Waals surface area contributed by atoms with Gasteiger partial charge in [-0.25, -0.2) is 4.79 Å². The molecular weight excluding hydrogens is 406 g/mol. The fraction of sp³-hybridized carbons (Fsp3) is 0.450. The summed E-state index contributed by atoms with van der Waals surface area (Å²) in [7, 11) is 0. The van der Waals surface area contributed by atoms with Crippen LogP contribution in [0.25, 0.3) is 6.08 Å². The highest BCUT2D eigenvalue weighted by Gasteiger charge is 2.31. The smallest absolute Gasteiger partial charge is 0.317 e. The molecule has 10 heteroatoms. The van der Waals surface area contributed by atoms with Crippen molar-refractivity contribution < 1.29 is 9.59 Å². The maximum absolute atomic E-state index is 12.7. The molecule has 2 aliphatic heterocycles. The van der Waals surface area contributed by atoms with Crippen LogP contribution in [-0.2, 0) is 11.3 Å². The van der Waals surface area contributed by atoms with Crippen LogP contribution in [0.4, 0.5) is 4.79 Å². The van der Waals surface area contributed by atoms with Crippen LogP contribution in [0.1, 0.15) is 29.8 Å². The number of aryl methyl sites for hydroxylation is 1. The molecule has 0 atom stereocenters. The normalized spacial score (nSPS) is 17.7. The lowest BCUT2D eigenvalue weighted by Gasteiger charge is -2.35. The summed E-state index contributed by atoms with van der Waals surface area (Å²) >= 11 is 6.15. The molecule has 2 aromatic rings. The van der Waals surface area contributed by atoms with Crippen LogP contribution in [0, 0.1) is 6.92 Å². The molecule has 9 nitrogen and oxygen atoms in total. The van der Waals surface area contributed by atoms with Crippen molar-refractivity contribution in [2.75, 3.05) is 26.2 Å². The quantitative estimate of drug-likeness (QED) is 0.730. The van der Waals surface area contributed by atoms with Gasteiger partial charge in [0, 0.05) is 43.3 Å². The number of halogens is 1. The zero-order valence-corrected chi connectivity index (χ0v) is 17.5. The topological polar surface area (TPSA) is 96.3 Å². The van der Waals surface area contributed by atoms with Crippen LogP contribution < -0.4 is 5.32 Å². The van der Waals surface area contributed by atoms with Crippen molar-refractivity contribution in [2.24, 2.45) is 0 Å². The van der Waals surface area contributed by atoms with Crippen LogP contribution in [0.2, 0.25) is 5.02 Å². The molecule has 1 aromatic carbocycles. The van der Waals surface area contributed by atoms with E-state index in [-0.39, 0.29) is 18.0 Å². The second kappa shape index (κ2) is 8.83. The highest BCUT2D eigenvalue weighted by Crippen LogP contribution is 2.20. The number of nitrogens with zero attached hydrogens (tertiary/aromatic N) is 6. The highest BCUT2D eigenvalue weighted by atomic mass is 35.5. The van der Waals surface area contributed by atoms with Gasteiger partial charge in [-0.1, -0.05) is 17.7 Å². The first-order chi connectivity index (χ1) is 14.5. The fourth-order valence-electron chi connectivity index (χ4n) is 3.92. The van der Waals surface area contributed by atoms with Crippen molar-refractivity contribution in [1.82, 2.24) is 35.3 Å². The van der Waals surface area contributed by atoms with E-state index < -0.39 is 0 Å². The summed E-state index contributed by atoms with van der Waals surface area (Å²) in [5.74, 6) is 0.564. The molecule has 1 aromatic heterocycles. The third-order valence-corrected chi connectivity index (χ3v) is 5.72. The Morgan fingerprint density at radius 1 is 1.30 bits per heavy atom. The molecule has 30 heavy (non-hydrogen) atoms. The number of amides is 3. The molecule has 3 heterocycles. The van der Waals surface area contributed by atoms with Crippen molar-refractivity contribution in [3.8, 4) is 0 Å². The lowest BCUT2D eigenvalue weighted by Crippen LogP contribution is -2.47. The van der Waals surface area contributed by atoms with Gasteiger partial charge >= 0.3 is 6.03 Å². The molecule has 0 radical (unpaired) electrons. The summed E-state index contributed by atoms with van der Waals surface area (Å²) in [6, 6.07) is 5.73. The number of tetrazole rings is 1. The van der Waals surface area contributed by atoms with E-state index in [0.717, 1.165) is 30.5 Å². The Labute approximate surface area is 179 Å². The number of piperidine rings is 1. The van der Waals surface area contributed by atoms with Crippen molar-refractivity contribution in [3.05, 3.63) is 46.2 Å². The number of nitrogens with one attached hydrogen (secondary N) is 1. The van der Waals surface area contributed by atoms with Gasteiger partial charge in [0.2, 0.25) is 5.91 Å². The van der Waals surface area contributed by atoms with E-state index in [2.05, 4.69) is 20.7 Å². The average Bonchev–Trinajstić information content (AvgIpc) is 3.35. The molecule has 0 spiro atoms. The summed E-state index contributed by atoms with van der Waals surface area (Å²) in [4.78, 5) is 29.7. The van der Waals surface area contributed by atoms with E-state index in [4.69, 9.17) is 11.6 Å². The largest absolute Gasteiger partial charge is 0.339 e. The number of rotatable bonds is 5. The molecule has 3 amide bonds. The molecule has 0 bridgehead atoms. The van der Waals surface area contributed by atoms with Crippen LogP contribution in [0.15, 0.2) is 24.3 Å². The van der Waals surface area contributed by atoms with Gasteiger partial charge in [0.1, 0.15) is 0 Å². The molecular formula is C20H24ClN7O2. The van der Waals surface area contributed by atoms with E-state index >= 15 is 0 Å². The molecule has 2 saturated heterocycles. The zero-order valence-electron chi connectivity index (χ0n) is 16.8. The minimum absolute atomic E-state index is 0.00649. The number of carbonyl (C=O) groups is 2. The van der Waals surface area contributed by atoms with Crippen molar-refractivity contribution in [3.63, 3.8) is 0 Å². The van der Waals surface area contributed by atoms with Crippen molar-refractivity contribution in [1.29, 1.82) is 0 Å². The molecule has 158 valence electrons. The van der Waals surface area contributed by atoms with Crippen LogP contribution in [0.3, 0.4) is 0 Å². The van der Waals surface area contributed by atoms with E-state index in [1.807, 2.05) is 21.9 Å². The Kier molecular flexibility index (Phi) is 5.98. The van der Waals surface area contributed by atoms with E-state index in [0.29, 0.717) is 37.0 Å². The van der Waals surface area contributed by atoms with Gasteiger partial charge < -0.3 is 15.1 Å². The van der Waals surface area contributed by atoms with Crippen molar-refractivity contribution >= 4 is 29.6 Å². The maximum Gasteiger partial charge on any atom is 0.317 e. The van der Waals surface area contributed by atoms with Gasteiger partial charge in [0.05, 0.1) is 6.54 Å². The number of aromatic nitrogens is 4. The summed E-state index contributed by atoms with van der Waals surface area (Å²) < 4.78 is 0. The maximum atomic E-state index is 12.7. The van der Waals surface area contributed by atoms with E-state index in [9.17, 15) is 9.59 Å². The summed E-state index contributed by atoms with van der Waals surface area (Å²) in [5, 5.41) is 15.5. The van der Waals surface area contributed by atoms with Crippen LogP contribution in [-0.4, -0.2) is 74.2 Å². The second-order valence-corrected chi connectivity index (χ2v) is 7.96. The van der Waals surface area contributed by atoms with Crippen molar-refractivity contribution in [2.45, 2.75) is 32.4 Å². The van der Waals surface area contributed by atoms with E-state index in [1.165, 1.54) is 4.80 Å². The molecule has 0 unspecified atom stereocenters. The fourth-order valence-corrected chi connectivity index (χ4v) is 4.11. The number of likely N-dealkylation sites (tertiary alicyclic amines) is 1. The Hall–Kier alpha value is -2.94. The average molecular weight is 430 g/mol. The number of benzene rings is 1. The first-order valence-corrected chi connectivity index (χ1v) is 10.4. The molecule has 1 N–H and O–H groups in total. The first kappa shape index (κ1) is 20.3. The van der Waals surface area contributed by atoms with Gasteiger partial charge in [0.15, 0.2) is 5.82 Å². The molecule has 2 fully saturated rings. The lowest BCUT2D eigenvalue weighted by atomic mass is 10.0. The second-order valence-electron chi connectivity index (χ2n) is 7.53. The van der Waals surface area contributed by atoms with Gasteiger partial charge in [-0.05, 0) is 54.3 Å². The lowest BCUT2D eigenvalue weighted by molar-refractivity contribution is -0.127. The first-order valence-electron chi connectivity index (χ1n) is 10.0. The van der Waals surface area contributed by atoms with Gasteiger partial charge in [-0.2, -0.15) is 4.80 Å². The van der Waals surface area contributed by atoms with Crippen LogP contribution >= 0.6 is 11.6 Å². The number of carbonyl (C=O) groups excluding carboxylic acids is 2. The summed E-state index contributed by atoms with van der Waals surface area (Å²) in [6.45, 7) is 4.93. The Bertz CT molecular complexity index is 966. The van der Waals surface area contributed by atoms with E-state index in [1.54, 1.807) is 25.1 Å². The highest BCUT2D eigenvalue weighted by molar-refractivity contribution is 6.30. The molecule has 2 aliphatic rings. The Morgan fingerprint density at radius 3 is 2.77 bits per heavy atom. The third kappa shape index (κ3) is 4.62. The predicted molar refractivity (Wildman–Crippen MR) is 112 cm³/mol. The Balaban J connectivity index is 1.39. The number of hydrogen-bond donors (Lipinski definition) is 1. The van der Waals surface area contributed by atoms with Gasteiger partial charge in [-0.15, -0.1) is 10.2 Å². The Morgan fingerprint density at radius 2 is 2.10 bits per heavy atom. The standard InChI is InChI=1S/C20H24ClN7O2/c1-14-23-25-28(24-14)13-16-12-17(21)4-2-15(16)3-5-19(29)26-9-6-18(7-10-26)27-11-8-22-20(27)30/h2-5,12,18H,6-11,13H2,1H3,(H,22,30)/b5-3+. The number of hydrogen-bond acceptors (Lipinski definition) is 5. The SMILES string of the molecule is Cc1nnn(Cc2cc(Cl)ccc2/C=C/C(=O)N2CCC(N3CCNC3=O)CC2)n1. The number of urea groups is 1. The van der Waals surface area contributed by atoms with Gasteiger partial charge in [-0.3, -0.25) is 4.79 Å². The van der Waals surface area contributed by atoms with Crippen LogP contribution in [0.5, 0.6) is 0 Å². The zero-order chi connectivity index (χ0) is 21.1. The monoisotopic (exact) mass is 429 g/mol. The molecule has 0 aliphatic carbocycles. The summed E-state index contributed by atoms with van der Waals surface area (Å²) in [6.07, 6.45) is 5.00. The third-order valence-electron chi connectivity index (χ3n) is 5.48. The minimum atomic E-state index is -0.0325. The summed E-state index contributed by atoms with van der Waals surface area (Å²) in [5.41, 5.74) is 1.79. The molecule has 4 rings (SSSR count). The predicted octanol–water partition coefficient (Wildman–Crippen LogP) is 1.71. The molecule has 0 saturated carbocycles. The minimum Gasteiger partial charge on any atom is -0.339 e. The van der Waals surface area contributed by atoms with Gasteiger partial charge in [0.25, 0.3) is 0 Å².